The van der Waals surface area contributed by atoms with Gasteiger partial charge in [0.2, 0.25) is 0 Å². The number of para-hydroxylation sites is 1. The summed E-state index contributed by atoms with van der Waals surface area (Å²) in [6, 6.07) is 9.13. The summed E-state index contributed by atoms with van der Waals surface area (Å²) in [6.45, 7) is 7.34. The minimum absolute atomic E-state index is 0.131. The minimum atomic E-state index is -1.06. The second-order valence-electron chi connectivity index (χ2n) is 4.84. The van der Waals surface area contributed by atoms with Crippen molar-refractivity contribution in [2.75, 3.05) is 5.32 Å². The average Bonchev–Trinajstić information content (AvgIpc) is 2.87. The summed E-state index contributed by atoms with van der Waals surface area (Å²) in [6.07, 6.45) is 1.63. The second kappa shape index (κ2) is 6.17. The van der Waals surface area contributed by atoms with Crippen molar-refractivity contribution in [3.05, 3.63) is 43.0 Å². The van der Waals surface area contributed by atoms with Crippen molar-refractivity contribution in [2.24, 2.45) is 0 Å². The van der Waals surface area contributed by atoms with Crippen molar-refractivity contribution in [3.63, 3.8) is 0 Å². The minimum Gasteiger partial charge on any atom is -0.478 e. The van der Waals surface area contributed by atoms with Gasteiger partial charge in [0.1, 0.15) is 5.75 Å². The zero-order valence-electron chi connectivity index (χ0n) is 12.0. The lowest BCUT2D eigenvalue weighted by Crippen LogP contribution is -2.42. The van der Waals surface area contributed by atoms with E-state index in [-0.39, 0.29) is 11.9 Å². The van der Waals surface area contributed by atoms with Crippen molar-refractivity contribution in [2.45, 2.75) is 26.0 Å². The molecule has 0 atom stereocenters. The van der Waals surface area contributed by atoms with Crippen LogP contribution in [0.5, 0.6) is 5.75 Å². The molecule has 7 nitrogen and oxygen atoms in total. The van der Waals surface area contributed by atoms with Gasteiger partial charge in [-0.05, 0) is 31.2 Å². The van der Waals surface area contributed by atoms with E-state index in [1.807, 2.05) is 18.2 Å². The summed E-state index contributed by atoms with van der Waals surface area (Å²) in [7, 11) is 0. The van der Waals surface area contributed by atoms with Gasteiger partial charge >= 0.3 is 0 Å². The second-order valence-corrected chi connectivity index (χ2v) is 4.84. The van der Waals surface area contributed by atoms with Crippen molar-refractivity contribution in [1.82, 2.24) is 20.2 Å². The average molecular weight is 287 g/mol. The van der Waals surface area contributed by atoms with Gasteiger partial charge in [0.05, 0.1) is 6.54 Å². The molecular weight excluding hydrogens is 270 g/mol. The molecule has 2 aromatic rings. The van der Waals surface area contributed by atoms with Crippen LogP contribution in [0.25, 0.3) is 0 Å². The fourth-order valence-corrected chi connectivity index (χ4v) is 1.57. The van der Waals surface area contributed by atoms with Gasteiger partial charge in [-0.2, -0.15) is 4.80 Å². The molecule has 21 heavy (non-hydrogen) atoms. The molecule has 0 spiro atoms. The largest absolute Gasteiger partial charge is 0.478 e. The Morgan fingerprint density at radius 3 is 2.81 bits per heavy atom. The number of carbonyl (C=O) groups excluding carboxylic acids is 1. The monoisotopic (exact) mass is 287 g/mol. The van der Waals surface area contributed by atoms with Gasteiger partial charge in [0.25, 0.3) is 11.9 Å². The number of nitrogens with one attached hydrogen (secondary N) is 1. The number of ether oxygens (including phenoxy) is 1. The Bertz CT molecular complexity index is 621. The number of anilines is 1. The quantitative estimate of drug-likeness (QED) is 0.817. The summed E-state index contributed by atoms with van der Waals surface area (Å²) >= 11 is 0. The van der Waals surface area contributed by atoms with Crippen LogP contribution in [0.4, 0.5) is 5.95 Å². The molecule has 0 fully saturated rings. The van der Waals surface area contributed by atoms with E-state index in [0.29, 0.717) is 12.3 Å². The SMILES string of the molecule is C=CCn1nnc(NC(=O)C(C)(C)Oc2ccccc2)n1. The Morgan fingerprint density at radius 2 is 2.14 bits per heavy atom. The number of amides is 1. The van der Waals surface area contributed by atoms with E-state index in [1.54, 1.807) is 32.1 Å². The normalized spacial score (nSPS) is 11.0. The van der Waals surface area contributed by atoms with E-state index in [1.165, 1.54) is 4.80 Å². The summed E-state index contributed by atoms with van der Waals surface area (Å²) < 4.78 is 5.68. The van der Waals surface area contributed by atoms with Gasteiger partial charge in [-0.1, -0.05) is 29.4 Å². The lowest BCUT2D eigenvalue weighted by molar-refractivity contribution is -0.128. The topological polar surface area (TPSA) is 81.9 Å². The maximum Gasteiger partial charge on any atom is 0.270 e. The van der Waals surface area contributed by atoms with Crippen LogP contribution in [0.15, 0.2) is 43.0 Å². The highest BCUT2D eigenvalue weighted by atomic mass is 16.5. The summed E-state index contributed by atoms with van der Waals surface area (Å²) in [5.74, 6) is 0.386. The van der Waals surface area contributed by atoms with Crippen LogP contribution in [0.3, 0.4) is 0 Å². The maximum absolute atomic E-state index is 12.2. The molecular formula is C14H17N5O2. The van der Waals surface area contributed by atoms with Gasteiger partial charge in [-0.3, -0.25) is 10.1 Å². The first-order valence-corrected chi connectivity index (χ1v) is 6.45. The highest BCUT2D eigenvalue weighted by molar-refractivity contribution is 5.95. The van der Waals surface area contributed by atoms with Crippen molar-refractivity contribution in [1.29, 1.82) is 0 Å². The third-order valence-electron chi connectivity index (χ3n) is 2.63. The van der Waals surface area contributed by atoms with Crippen molar-refractivity contribution in [3.8, 4) is 5.75 Å². The molecule has 0 unspecified atom stereocenters. The fourth-order valence-electron chi connectivity index (χ4n) is 1.57. The van der Waals surface area contributed by atoms with Crippen LogP contribution in [-0.2, 0) is 11.3 Å². The zero-order chi connectivity index (χ0) is 15.3. The number of hydrogen-bond acceptors (Lipinski definition) is 5. The van der Waals surface area contributed by atoms with E-state index in [4.69, 9.17) is 4.74 Å². The van der Waals surface area contributed by atoms with Crippen LogP contribution >= 0.6 is 0 Å². The Morgan fingerprint density at radius 1 is 1.43 bits per heavy atom. The Kier molecular flexibility index (Phi) is 4.32. The molecule has 0 aliphatic rings. The lowest BCUT2D eigenvalue weighted by atomic mass is 10.1. The number of nitrogens with zero attached hydrogens (tertiary/aromatic N) is 4. The van der Waals surface area contributed by atoms with E-state index in [9.17, 15) is 4.79 Å². The predicted octanol–water partition coefficient (Wildman–Crippen LogP) is 1.66. The molecule has 0 saturated carbocycles. The van der Waals surface area contributed by atoms with Gasteiger partial charge < -0.3 is 4.74 Å². The van der Waals surface area contributed by atoms with E-state index < -0.39 is 5.60 Å². The van der Waals surface area contributed by atoms with Crippen LogP contribution in [0, 0.1) is 0 Å². The lowest BCUT2D eigenvalue weighted by Gasteiger charge is -2.24. The van der Waals surface area contributed by atoms with Crippen LogP contribution < -0.4 is 10.1 Å². The van der Waals surface area contributed by atoms with Crippen LogP contribution in [-0.4, -0.2) is 31.7 Å². The Hall–Kier alpha value is -2.70. The number of tetrazole rings is 1. The van der Waals surface area contributed by atoms with Crippen LogP contribution in [0.2, 0.25) is 0 Å². The van der Waals surface area contributed by atoms with E-state index in [2.05, 4.69) is 27.3 Å². The molecule has 2 rings (SSSR count). The highest BCUT2D eigenvalue weighted by Crippen LogP contribution is 2.18. The molecule has 0 aliphatic carbocycles. The fraction of sp³-hybridized carbons (Fsp3) is 0.286. The molecule has 0 saturated heterocycles. The van der Waals surface area contributed by atoms with E-state index in [0.717, 1.165) is 0 Å². The molecule has 7 heteroatoms. The molecule has 1 aromatic carbocycles. The zero-order valence-corrected chi connectivity index (χ0v) is 12.0. The smallest absolute Gasteiger partial charge is 0.270 e. The molecule has 1 amide bonds. The maximum atomic E-state index is 12.2. The van der Waals surface area contributed by atoms with Gasteiger partial charge in [0.15, 0.2) is 5.60 Å². The number of allylic oxidation sites excluding steroid dienone is 1. The standard InChI is InChI=1S/C14H17N5O2/c1-4-10-19-17-13(16-18-19)15-12(20)14(2,3)21-11-8-6-5-7-9-11/h4-9H,1,10H2,2-3H3,(H,15,17,20). The summed E-state index contributed by atoms with van der Waals surface area (Å²) in [5, 5.41) is 14.1. The molecule has 0 aliphatic heterocycles. The first-order chi connectivity index (χ1) is 10.0. The number of hydrogen-bond donors (Lipinski definition) is 1. The number of rotatable bonds is 6. The number of carbonyl (C=O) groups is 1. The molecule has 110 valence electrons. The third-order valence-corrected chi connectivity index (χ3v) is 2.63. The van der Waals surface area contributed by atoms with E-state index >= 15 is 0 Å². The molecule has 1 aromatic heterocycles. The van der Waals surface area contributed by atoms with Gasteiger partial charge in [0, 0.05) is 0 Å². The summed E-state index contributed by atoms with van der Waals surface area (Å²) in [4.78, 5) is 13.6. The van der Waals surface area contributed by atoms with Gasteiger partial charge in [-0.15, -0.1) is 11.7 Å². The molecule has 1 N–H and O–H groups in total. The molecule has 0 radical (unpaired) electrons. The predicted molar refractivity (Wildman–Crippen MR) is 77.8 cm³/mol. The van der Waals surface area contributed by atoms with Crippen molar-refractivity contribution < 1.29 is 9.53 Å². The van der Waals surface area contributed by atoms with Crippen molar-refractivity contribution >= 4 is 11.9 Å². The Balaban J connectivity index is 2.02. The number of benzene rings is 1. The van der Waals surface area contributed by atoms with Crippen LogP contribution in [0.1, 0.15) is 13.8 Å². The third kappa shape index (κ3) is 3.88. The molecule has 1 heterocycles. The number of aromatic nitrogens is 4. The first kappa shape index (κ1) is 14.7. The summed E-state index contributed by atoms with van der Waals surface area (Å²) in [5.41, 5.74) is -1.06. The van der Waals surface area contributed by atoms with Gasteiger partial charge in [-0.25, -0.2) is 0 Å². The molecule has 0 bridgehead atoms. The Labute approximate surface area is 122 Å². The highest BCUT2D eigenvalue weighted by Gasteiger charge is 2.31. The first-order valence-electron chi connectivity index (χ1n) is 6.45.